The highest BCUT2D eigenvalue weighted by Crippen LogP contribution is 2.41. The van der Waals surface area contributed by atoms with Crippen molar-refractivity contribution in [2.45, 2.75) is 97.3 Å². The van der Waals surface area contributed by atoms with Gasteiger partial charge in [0.05, 0.1) is 39.6 Å². The number of esters is 4. The van der Waals surface area contributed by atoms with Gasteiger partial charge in [-0.1, -0.05) is 25.9 Å². The lowest BCUT2D eigenvalue weighted by Gasteiger charge is -2.44. The first-order chi connectivity index (χ1) is 25.9. The van der Waals surface area contributed by atoms with Crippen LogP contribution < -0.4 is 14.5 Å². The average Bonchev–Trinajstić information content (AvgIpc) is 3.08. The summed E-state index contributed by atoms with van der Waals surface area (Å²) in [6.07, 6.45) is -7.02. The van der Waals surface area contributed by atoms with Crippen LogP contribution in [0.4, 0.5) is 0 Å². The maximum atomic E-state index is 13.2. The quantitative estimate of drug-likeness (QED) is 0.0335. The Kier molecular flexibility index (Phi) is 19.4. The third-order valence-electron chi connectivity index (χ3n) is 8.24. The van der Waals surface area contributed by atoms with Crippen LogP contribution in [0.3, 0.4) is 0 Å². The van der Waals surface area contributed by atoms with Gasteiger partial charge in [0.15, 0.2) is 18.0 Å². The molecule has 0 aliphatic carbocycles. The molecule has 0 spiro atoms. The van der Waals surface area contributed by atoms with Crippen molar-refractivity contribution in [1.29, 1.82) is 0 Å². The van der Waals surface area contributed by atoms with E-state index < -0.39 is 75.4 Å². The second kappa shape index (κ2) is 22.8. The minimum absolute atomic E-state index is 0.0895. The summed E-state index contributed by atoms with van der Waals surface area (Å²) < 4.78 is 56.9. The number of nitrogens with one attached hydrogen (secondary N) is 1. The number of amides is 1. The molecule has 0 unspecified atom stereocenters. The first kappa shape index (κ1) is 46.7. The fourth-order valence-electron chi connectivity index (χ4n) is 4.69. The monoisotopic (exact) mass is 798 g/mol. The zero-order chi connectivity index (χ0) is 41.2. The molecule has 0 aromatic heterocycles. The van der Waals surface area contributed by atoms with E-state index in [1.807, 2.05) is 33.9 Å². The van der Waals surface area contributed by atoms with Gasteiger partial charge in [-0.2, -0.15) is 0 Å². The molecule has 0 radical (unpaired) electrons. The normalized spacial score (nSPS) is 19.6. The number of ether oxygens (including phenoxy) is 9. The molecule has 1 aliphatic rings. The van der Waals surface area contributed by atoms with Crippen molar-refractivity contribution in [2.24, 2.45) is 5.11 Å². The number of nitrogens with zero attached hydrogens (tertiary/aromatic N) is 3. The molecule has 308 valence electrons. The highest BCUT2D eigenvalue weighted by molar-refractivity contribution is 6.74. The van der Waals surface area contributed by atoms with Crippen molar-refractivity contribution >= 4 is 38.1 Å². The molecule has 20 heteroatoms. The van der Waals surface area contributed by atoms with Crippen molar-refractivity contribution < 1.29 is 71.0 Å². The predicted molar refractivity (Wildman–Crippen MR) is 196 cm³/mol. The van der Waals surface area contributed by atoms with Crippen LogP contribution in [0.25, 0.3) is 10.4 Å². The third kappa shape index (κ3) is 16.4. The van der Waals surface area contributed by atoms with Gasteiger partial charge in [-0.15, -0.1) is 0 Å². The van der Waals surface area contributed by atoms with E-state index in [9.17, 15) is 24.0 Å². The second-order valence-electron chi connectivity index (χ2n) is 13.8. The average molecular weight is 799 g/mol. The van der Waals surface area contributed by atoms with E-state index in [2.05, 4.69) is 15.3 Å². The molecule has 0 bridgehead atoms. The molecule has 1 heterocycles. The summed E-state index contributed by atoms with van der Waals surface area (Å²) in [5.41, 5.74) is 8.49. The molecule has 1 saturated heterocycles. The van der Waals surface area contributed by atoms with Gasteiger partial charge in [-0.05, 0) is 41.9 Å². The van der Waals surface area contributed by atoms with Crippen molar-refractivity contribution in [3.63, 3.8) is 0 Å². The van der Waals surface area contributed by atoms with E-state index in [0.717, 1.165) is 20.8 Å². The zero-order valence-corrected chi connectivity index (χ0v) is 33.9. The second-order valence-corrected chi connectivity index (χ2v) is 18.5. The lowest BCUT2D eigenvalue weighted by Crippen LogP contribution is -2.63. The lowest BCUT2D eigenvalue weighted by molar-refractivity contribution is -0.288. The number of benzene rings is 1. The Morgan fingerprint density at radius 2 is 1.36 bits per heavy atom. The van der Waals surface area contributed by atoms with Crippen molar-refractivity contribution in [3.8, 4) is 11.5 Å². The fraction of sp³-hybridized carbons (Fsp3) is 0.686. The number of azide groups is 1. The van der Waals surface area contributed by atoms with Crippen LogP contribution in [-0.4, -0.2) is 128 Å². The van der Waals surface area contributed by atoms with Crippen LogP contribution in [0.15, 0.2) is 23.3 Å². The largest absolute Gasteiger partial charge is 0.541 e. The lowest BCUT2D eigenvalue weighted by atomic mass is 9.98. The van der Waals surface area contributed by atoms with Gasteiger partial charge in [-0.3, -0.25) is 24.0 Å². The number of hydrogen-bond acceptors (Lipinski definition) is 16. The predicted octanol–water partition coefficient (Wildman–Crippen LogP) is 3.62. The number of carbonyl (C=O) groups excluding carboxylic acids is 5. The number of hydrogen-bond donors (Lipinski definition) is 1. The van der Waals surface area contributed by atoms with E-state index in [1.165, 1.54) is 25.1 Å². The van der Waals surface area contributed by atoms with Gasteiger partial charge >= 0.3 is 23.9 Å². The summed E-state index contributed by atoms with van der Waals surface area (Å²) in [4.78, 5) is 64.4. The number of carbonyl (C=O) groups is 5. The van der Waals surface area contributed by atoms with Crippen molar-refractivity contribution in [1.82, 2.24) is 5.32 Å². The molecule has 0 saturated carbocycles. The van der Waals surface area contributed by atoms with E-state index in [0.29, 0.717) is 33.0 Å². The van der Waals surface area contributed by atoms with Crippen molar-refractivity contribution in [2.75, 3.05) is 59.3 Å². The summed E-state index contributed by atoms with van der Waals surface area (Å²) in [5.74, 6) is -3.15. The molecule has 1 fully saturated rings. The molecule has 55 heavy (non-hydrogen) atoms. The maximum absolute atomic E-state index is 13.2. The molecule has 1 aromatic carbocycles. The van der Waals surface area contributed by atoms with E-state index in [-0.39, 0.29) is 41.8 Å². The topological polar surface area (TPSA) is 238 Å². The minimum Gasteiger partial charge on any atom is -0.541 e. The van der Waals surface area contributed by atoms with E-state index in [1.54, 1.807) is 0 Å². The van der Waals surface area contributed by atoms with Gasteiger partial charge in [0.25, 0.3) is 14.2 Å². The highest BCUT2D eigenvalue weighted by atomic mass is 28.4. The first-order valence-corrected chi connectivity index (χ1v) is 20.6. The Balaban J connectivity index is 2.30. The van der Waals surface area contributed by atoms with Crippen LogP contribution >= 0.6 is 0 Å². The summed E-state index contributed by atoms with van der Waals surface area (Å²) in [7, 11) is -2.59. The third-order valence-corrected chi connectivity index (χ3v) is 12.6. The summed E-state index contributed by atoms with van der Waals surface area (Å²) in [6.45, 7) is 16.5. The number of rotatable bonds is 22. The molecule has 1 aromatic rings. The highest BCUT2D eigenvalue weighted by Gasteiger charge is 2.53. The Hall–Kier alpha value is -4.46. The summed E-state index contributed by atoms with van der Waals surface area (Å²) >= 11 is 0. The smallest absolute Gasteiger partial charge is 0.303 e. The van der Waals surface area contributed by atoms with Gasteiger partial charge in [0.2, 0.25) is 12.4 Å². The Labute approximate surface area is 321 Å². The van der Waals surface area contributed by atoms with Gasteiger partial charge in [0, 0.05) is 51.3 Å². The van der Waals surface area contributed by atoms with Crippen molar-refractivity contribution in [3.05, 3.63) is 34.2 Å². The Morgan fingerprint density at radius 3 is 1.93 bits per heavy atom. The summed E-state index contributed by atoms with van der Waals surface area (Å²) in [5, 5.41) is 5.89. The standard InChI is InChI=1S/C35H54N4O15Si/c1-22(40)48-21-29-30(49-23(2)41)31(50-24(3)42)32(51-25(4)43)34(53-29)52-27-11-10-26(20-28(27)54-55(8,9)35(5,6)7)33(44)37-12-14-45-16-18-47-19-17-46-15-13-38-39-36/h10-11,20,29-32,34H,12-19,21H2,1-9H3,(H,37,44)/t29-,30+,31+,32-,34-/m1/s1. The molecule has 5 atom stereocenters. The molecule has 1 N–H and O–H groups in total. The van der Waals surface area contributed by atoms with Crippen LogP contribution in [0, 0.1) is 0 Å². The first-order valence-electron chi connectivity index (χ1n) is 17.7. The van der Waals surface area contributed by atoms with Crippen LogP contribution in [0.5, 0.6) is 11.5 Å². The molecule has 1 aliphatic heterocycles. The van der Waals surface area contributed by atoms with Gasteiger partial charge < -0.3 is 52.4 Å². The Morgan fingerprint density at radius 1 is 0.800 bits per heavy atom. The van der Waals surface area contributed by atoms with Crippen LogP contribution in [-0.2, 0) is 57.1 Å². The molecular formula is C35H54N4O15Si. The minimum atomic E-state index is -2.59. The molecule has 19 nitrogen and oxygen atoms in total. The molecule has 2 rings (SSSR count). The summed E-state index contributed by atoms with van der Waals surface area (Å²) in [6, 6.07) is 4.50. The van der Waals surface area contributed by atoms with Crippen LogP contribution in [0.2, 0.25) is 18.1 Å². The van der Waals surface area contributed by atoms with E-state index >= 15 is 0 Å². The van der Waals surface area contributed by atoms with E-state index in [4.69, 9.17) is 52.6 Å². The zero-order valence-electron chi connectivity index (χ0n) is 32.9. The van der Waals surface area contributed by atoms with Gasteiger partial charge in [-0.25, -0.2) is 0 Å². The van der Waals surface area contributed by atoms with Gasteiger partial charge in [0.1, 0.15) is 18.5 Å². The fourth-order valence-corrected chi connectivity index (χ4v) is 5.71. The van der Waals surface area contributed by atoms with Crippen LogP contribution in [0.1, 0.15) is 58.8 Å². The maximum Gasteiger partial charge on any atom is 0.303 e. The molecular weight excluding hydrogens is 744 g/mol. The SMILES string of the molecule is CC(=O)OC[C@H]1O[C@@H](Oc2ccc(C(=O)NCCOCCOCCOCCN=[N+]=[N-])cc2O[Si](C)(C)C(C)(C)C)[C@H](OC(C)=O)[C@@H](OC(C)=O)[C@H]1OC(C)=O. The Bertz CT molecular complexity index is 1500. The molecule has 1 amide bonds.